The van der Waals surface area contributed by atoms with Crippen molar-refractivity contribution in [2.75, 3.05) is 5.32 Å². The highest BCUT2D eigenvalue weighted by atomic mass is 35.5. The van der Waals surface area contributed by atoms with Gasteiger partial charge < -0.3 is 14.6 Å². The zero-order chi connectivity index (χ0) is 16.7. The van der Waals surface area contributed by atoms with Gasteiger partial charge in [0.25, 0.3) is 0 Å². The molecule has 1 fully saturated rings. The van der Waals surface area contributed by atoms with Crippen LogP contribution in [0.2, 0.25) is 4.47 Å². The first-order valence-corrected chi connectivity index (χ1v) is 8.76. The van der Waals surface area contributed by atoms with E-state index in [-0.39, 0.29) is 18.3 Å². The number of anilines is 1. The minimum Gasteiger partial charge on any atom is -0.399 e. The van der Waals surface area contributed by atoms with Crippen molar-refractivity contribution >= 4 is 41.2 Å². The Morgan fingerprint density at radius 1 is 1.13 bits per heavy atom. The average molecular weight is 351 g/mol. The van der Waals surface area contributed by atoms with Crippen molar-refractivity contribution in [3.05, 3.63) is 39.8 Å². The summed E-state index contributed by atoms with van der Waals surface area (Å²) >= 11 is 7.32. The van der Waals surface area contributed by atoms with Crippen LogP contribution < -0.4 is 10.8 Å². The molecule has 0 amide bonds. The van der Waals surface area contributed by atoms with Crippen LogP contribution in [0.1, 0.15) is 32.6 Å². The maximum Gasteiger partial charge on any atom is 0.494 e. The van der Waals surface area contributed by atoms with E-state index in [1.807, 2.05) is 24.3 Å². The molecule has 2 aromatic rings. The largest absolute Gasteiger partial charge is 0.494 e. The number of thiazole rings is 1. The van der Waals surface area contributed by atoms with Gasteiger partial charge in [0.15, 0.2) is 4.47 Å². The van der Waals surface area contributed by atoms with E-state index in [4.69, 9.17) is 20.9 Å². The van der Waals surface area contributed by atoms with Crippen molar-refractivity contribution < 1.29 is 9.31 Å². The van der Waals surface area contributed by atoms with Crippen molar-refractivity contribution in [1.82, 2.24) is 4.98 Å². The monoisotopic (exact) mass is 350 g/mol. The van der Waals surface area contributed by atoms with E-state index in [1.165, 1.54) is 11.3 Å². The lowest BCUT2D eigenvalue weighted by Gasteiger charge is -2.32. The third-order valence-corrected chi connectivity index (χ3v) is 5.54. The van der Waals surface area contributed by atoms with Gasteiger partial charge in [0.1, 0.15) is 0 Å². The van der Waals surface area contributed by atoms with Gasteiger partial charge in [-0.25, -0.2) is 4.98 Å². The first kappa shape index (κ1) is 16.8. The second kappa shape index (κ2) is 6.09. The van der Waals surface area contributed by atoms with Crippen LogP contribution in [0, 0.1) is 0 Å². The zero-order valence-electron chi connectivity index (χ0n) is 13.7. The summed E-state index contributed by atoms with van der Waals surface area (Å²) in [4.78, 5) is 5.14. The summed E-state index contributed by atoms with van der Waals surface area (Å²) in [5.41, 5.74) is 1.42. The van der Waals surface area contributed by atoms with Gasteiger partial charge in [-0.3, -0.25) is 0 Å². The zero-order valence-corrected chi connectivity index (χ0v) is 15.3. The van der Waals surface area contributed by atoms with E-state index >= 15 is 0 Å². The van der Waals surface area contributed by atoms with Crippen LogP contribution in [0.4, 0.5) is 5.69 Å². The van der Waals surface area contributed by atoms with Crippen molar-refractivity contribution in [3.8, 4) is 0 Å². The standard InChI is InChI=1S/C16H20BClN2O2S/c1-15(2)16(3,4)22-17(21-15)11-5-7-12(8-6-11)19-9-13-10-20-14(18)23-13/h5-8,10,19H,9H2,1-4H3. The number of hydrogen-bond acceptors (Lipinski definition) is 5. The van der Waals surface area contributed by atoms with Gasteiger partial charge in [-0.2, -0.15) is 0 Å². The minimum absolute atomic E-state index is 0.319. The Morgan fingerprint density at radius 3 is 2.26 bits per heavy atom. The topological polar surface area (TPSA) is 43.4 Å². The van der Waals surface area contributed by atoms with Crippen molar-refractivity contribution in [3.63, 3.8) is 0 Å². The molecule has 1 aromatic heterocycles. The van der Waals surface area contributed by atoms with E-state index in [0.717, 1.165) is 16.0 Å². The number of nitrogens with one attached hydrogen (secondary N) is 1. The molecule has 0 radical (unpaired) electrons. The van der Waals surface area contributed by atoms with Crippen molar-refractivity contribution in [1.29, 1.82) is 0 Å². The minimum atomic E-state index is -0.325. The maximum absolute atomic E-state index is 6.06. The molecular weight excluding hydrogens is 331 g/mol. The first-order valence-electron chi connectivity index (χ1n) is 7.56. The number of hydrogen-bond donors (Lipinski definition) is 1. The Bertz CT molecular complexity index is 672. The van der Waals surface area contributed by atoms with E-state index < -0.39 is 0 Å². The Labute approximate surface area is 146 Å². The molecule has 0 atom stereocenters. The van der Waals surface area contributed by atoms with E-state index in [9.17, 15) is 0 Å². The summed E-state index contributed by atoms with van der Waals surface area (Å²) in [5.74, 6) is 0. The summed E-state index contributed by atoms with van der Waals surface area (Å²) in [5, 5.41) is 3.35. The van der Waals surface area contributed by atoms with Crippen molar-refractivity contribution in [2.24, 2.45) is 0 Å². The molecule has 2 heterocycles. The molecule has 1 saturated heterocycles. The Hall–Kier alpha value is -1.08. The molecule has 0 spiro atoms. The van der Waals surface area contributed by atoms with E-state index in [1.54, 1.807) is 6.20 Å². The number of rotatable bonds is 4. The molecule has 1 N–H and O–H groups in total. The van der Waals surface area contributed by atoms with Gasteiger partial charge in [-0.15, -0.1) is 11.3 Å². The number of aromatic nitrogens is 1. The van der Waals surface area contributed by atoms with Crippen LogP contribution in [0.25, 0.3) is 0 Å². The van der Waals surface area contributed by atoms with Crippen LogP contribution >= 0.6 is 22.9 Å². The fourth-order valence-electron chi connectivity index (χ4n) is 2.29. The molecule has 1 aliphatic heterocycles. The Morgan fingerprint density at radius 2 is 1.74 bits per heavy atom. The Balaban J connectivity index is 1.64. The summed E-state index contributed by atoms with van der Waals surface area (Å²) in [6.45, 7) is 8.94. The lowest BCUT2D eigenvalue weighted by Crippen LogP contribution is -2.41. The maximum atomic E-state index is 6.06. The van der Waals surface area contributed by atoms with Crippen LogP contribution in [0.3, 0.4) is 0 Å². The molecule has 0 aliphatic carbocycles. The van der Waals surface area contributed by atoms with Crippen LogP contribution in [0.15, 0.2) is 30.5 Å². The highest BCUT2D eigenvalue weighted by molar-refractivity contribution is 7.15. The predicted molar refractivity (Wildman–Crippen MR) is 96.6 cm³/mol. The molecule has 0 saturated carbocycles. The third kappa shape index (κ3) is 3.55. The summed E-state index contributed by atoms with van der Waals surface area (Å²) in [6, 6.07) is 8.13. The molecule has 0 unspecified atom stereocenters. The van der Waals surface area contributed by atoms with Gasteiger partial charge in [0.2, 0.25) is 0 Å². The lowest BCUT2D eigenvalue weighted by molar-refractivity contribution is 0.00578. The molecule has 1 aromatic carbocycles. The third-order valence-electron chi connectivity index (χ3n) is 4.43. The Kier molecular flexibility index (Phi) is 4.44. The summed E-state index contributed by atoms with van der Waals surface area (Å²) < 4.78 is 12.7. The lowest BCUT2D eigenvalue weighted by atomic mass is 9.79. The molecular formula is C16H20BClN2O2S. The normalized spacial score (nSPS) is 19.1. The fraction of sp³-hybridized carbons (Fsp3) is 0.438. The highest BCUT2D eigenvalue weighted by Crippen LogP contribution is 2.36. The second-order valence-electron chi connectivity index (χ2n) is 6.64. The van der Waals surface area contributed by atoms with E-state index in [0.29, 0.717) is 11.0 Å². The van der Waals surface area contributed by atoms with Gasteiger partial charge in [0.05, 0.1) is 17.7 Å². The molecule has 3 rings (SSSR count). The molecule has 4 nitrogen and oxygen atoms in total. The van der Waals surface area contributed by atoms with E-state index in [2.05, 4.69) is 38.0 Å². The molecule has 23 heavy (non-hydrogen) atoms. The molecule has 7 heteroatoms. The molecule has 0 bridgehead atoms. The van der Waals surface area contributed by atoms with Gasteiger partial charge >= 0.3 is 7.12 Å². The van der Waals surface area contributed by atoms with Gasteiger partial charge in [-0.05, 0) is 45.3 Å². The van der Waals surface area contributed by atoms with Crippen molar-refractivity contribution in [2.45, 2.75) is 45.4 Å². The highest BCUT2D eigenvalue weighted by Gasteiger charge is 2.51. The van der Waals surface area contributed by atoms with Gasteiger partial charge in [-0.1, -0.05) is 23.7 Å². The van der Waals surface area contributed by atoms with Crippen LogP contribution in [0.5, 0.6) is 0 Å². The smallest absolute Gasteiger partial charge is 0.399 e. The molecule has 1 aliphatic rings. The second-order valence-corrected chi connectivity index (χ2v) is 8.34. The van der Waals surface area contributed by atoms with Gasteiger partial charge in [0, 0.05) is 16.8 Å². The summed E-state index contributed by atoms with van der Waals surface area (Å²) in [7, 11) is -0.325. The number of halogens is 1. The first-order chi connectivity index (χ1) is 10.8. The average Bonchev–Trinajstić information content (AvgIpc) is 2.98. The predicted octanol–water partition coefficient (Wildman–Crippen LogP) is 3.71. The number of benzene rings is 1. The summed E-state index contributed by atoms with van der Waals surface area (Å²) in [6.07, 6.45) is 1.79. The quantitative estimate of drug-likeness (QED) is 0.854. The van der Waals surface area contributed by atoms with Crippen LogP contribution in [-0.2, 0) is 15.9 Å². The SMILES string of the molecule is CC1(C)OB(c2ccc(NCc3cnc(Cl)s3)cc2)OC1(C)C. The number of nitrogens with zero attached hydrogens (tertiary/aromatic N) is 1. The van der Waals surface area contributed by atoms with Crippen LogP contribution in [-0.4, -0.2) is 23.3 Å². The molecule has 122 valence electrons. The fourth-order valence-corrected chi connectivity index (χ4v) is 3.21.